The first-order valence-electron chi connectivity index (χ1n) is 6.77. The van der Waals surface area contributed by atoms with Gasteiger partial charge in [0.05, 0.1) is 4.92 Å². The van der Waals surface area contributed by atoms with Crippen LogP contribution in [0.25, 0.3) is 0 Å². The van der Waals surface area contributed by atoms with Crippen LogP contribution in [-0.2, 0) is 0 Å². The van der Waals surface area contributed by atoms with E-state index in [1.807, 2.05) is 0 Å². The third-order valence-corrected chi connectivity index (χ3v) is 3.34. The molecular weight excluding hydrogens is 258 g/mol. The minimum Gasteiger partial charge on any atom is -0.267 e. The molecule has 1 aliphatic carbocycles. The highest BCUT2D eigenvalue weighted by molar-refractivity contribution is 5.98. The number of carbonyl (C=O) groups is 1. The maximum absolute atomic E-state index is 12.0. The fourth-order valence-electron chi connectivity index (χ4n) is 2.26. The highest BCUT2D eigenvalue weighted by atomic mass is 16.6. The van der Waals surface area contributed by atoms with Crippen molar-refractivity contribution >= 4 is 17.3 Å². The van der Waals surface area contributed by atoms with Crippen LogP contribution in [0.3, 0.4) is 0 Å². The van der Waals surface area contributed by atoms with E-state index in [4.69, 9.17) is 0 Å². The second kappa shape index (κ2) is 6.79. The Balaban J connectivity index is 2.08. The van der Waals surface area contributed by atoms with Gasteiger partial charge in [-0.05, 0) is 31.7 Å². The number of amides is 1. The average Bonchev–Trinajstić information content (AvgIpc) is 2.73. The minimum atomic E-state index is -0.562. The van der Waals surface area contributed by atoms with Crippen LogP contribution in [0.15, 0.2) is 29.4 Å². The lowest BCUT2D eigenvalue weighted by Gasteiger charge is -2.04. The normalized spacial score (nSPS) is 15.3. The number of nitro benzene ring substituents is 1. The average molecular weight is 275 g/mol. The summed E-state index contributed by atoms with van der Waals surface area (Å²) in [6, 6.07) is 5.88. The number of hydrogen-bond donors (Lipinski definition) is 1. The molecule has 0 radical (unpaired) electrons. The zero-order chi connectivity index (χ0) is 14.4. The fraction of sp³-hybridized carbons (Fsp3) is 0.429. The van der Waals surface area contributed by atoms with E-state index in [1.165, 1.54) is 31.0 Å². The van der Waals surface area contributed by atoms with Gasteiger partial charge in [-0.25, -0.2) is 5.43 Å². The summed E-state index contributed by atoms with van der Waals surface area (Å²) in [5.41, 5.74) is 3.24. The molecule has 0 heterocycles. The molecule has 1 aromatic rings. The largest absolute Gasteiger partial charge is 0.282 e. The van der Waals surface area contributed by atoms with Crippen molar-refractivity contribution in [2.24, 2.45) is 5.10 Å². The van der Waals surface area contributed by atoms with Crippen LogP contribution in [0.2, 0.25) is 0 Å². The molecule has 6 heteroatoms. The number of rotatable bonds is 3. The summed E-state index contributed by atoms with van der Waals surface area (Å²) in [5.74, 6) is -0.533. The van der Waals surface area contributed by atoms with Crippen LogP contribution >= 0.6 is 0 Å². The third kappa shape index (κ3) is 3.63. The van der Waals surface area contributed by atoms with Crippen LogP contribution in [-0.4, -0.2) is 16.5 Å². The van der Waals surface area contributed by atoms with Gasteiger partial charge in [0, 0.05) is 11.8 Å². The van der Waals surface area contributed by atoms with Crippen molar-refractivity contribution in [2.75, 3.05) is 0 Å². The second-order valence-corrected chi connectivity index (χ2v) is 4.81. The van der Waals surface area contributed by atoms with Gasteiger partial charge >= 0.3 is 0 Å². The molecule has 106 valence electrons. The molecule has 0 unspecified atom stereocenters. The molecule has 0 aromatic heterocycles. The standard InChI is InChI=1S/C14H17N3O3/c18-14(12-9-5-6-10-13(12)17(19)20)16-15-11-7-3-1-2-4-8-11/h5-6,9-10H,1-4,7-8H2,(H,16,18). The molecule has 1 aliphatic rings. The van der Waals surface area contributed by atoms with E-state index in [2.05, 4.69) is 10.5 Å². The van der Waals surface area contributed by atoms with E-state index in [1.54, 1.807) is 6.07 Å². The van der Waals surface area contributed by atoms with Crippen LogP contribution in [0.4, 0.5) is 5.69 Å². The Kier molecular flexibility index (Phi) is 4.81. The molecule has 1 amide bonds. The van der Waals surface area contributed by atoms with Crippen LogP contribution < -0.4 is 5.43 Å². The van der Waals surface area contributed by atoms with E-state index in [0.29, 0.717) is 0 Å². The Labute approximate surface area is 117 Å². The molecule has 0 atom stereocenters. The SMILES string of the molecule is O=C(NN=C1CCCCCC1)c1ccccc1[N+](=O)[O-]. The second-order valence-electron chi connectivity index (χ2n) is 4.81. The van der Waals surface area contributed by atoms with Gasteiger partial charge in [0.2, 0.25) is 0 Å². The number of carbonyl (C=O) groups excluding carboxylic acids is 1. The number of nitro groups is 1. The predicted molar refractivity (Wildman–Crippen MR) is 75.7 cm³/mol. The van der Waals surface area contributed by atoms with Gasteiger partial charge in [0.25, 0.3) is 11.6 Å². The molecular formula is C14H17N3O3. The van der Waals surface area contributed by atoms with Gasteiger partial charge in [-0.15, -0.1) is 0 Å². The van der Waals surface area contributed by atoms with E-state index < -0.39 is 10.8 Å². The van der Waals surface area contributed by atoms with Crippen molar-refractivity contribution in [2.45, 2.75) is 38.5 Å². The van der Waals surface area contributed by atoms with Crippen molar-refractivity contribution in [3.8, 4) is 0 Å². The number of hydrazone groups is 1. The third-order valence-electron chi connectivity index (χ3n) is 3.34. The monoisotopic (exact) mass is 275 g/mol. The molecule has 0 aliphatic heterocycles. The molecule has 0 saturated heterocycles. The molecule has 6 nitrogen and oxygen atoms in total. The number of nitrogens with one attached hydrogen (secondary N) is 1. The van der Waals surface area contributed by atoms with Gasteiger partial charge in [0.15, 0.2) is 0 Å². The minimum absolute atomic E-state index is 0.0375. The van der Waals surface area contributed by atoms with Crippen molar-refractivity contribution in [3.63, 3.8) is 0 Å². The lowest BCUT2D eigenvalue weighted by Crippen LogP contribution is -2.20. The van der Waals surface area contributed by atoms with Crippen molar-refractivity contribution < 1.29 is 9.72 Å². The Hall–Kier alpha value is -2.24. The summed E-state index contributed by atoms with van der Waals surface area (Å²) in [4.78, 5) is 22.3. The molecule has 1 N–H and O–H groups in total. The van der Waals surface area contributed by atoms with E-state index in [0.717, 1.165) is 31.4 Å². The summed E-state index contributed by atoms with van der Waals surface area (Å²) in [5, 5.41) is 15.0. The molecule has 2 rings (SSSR count). The molecule has 0 spiro atoms. The van der Waals surface area contributed by atoms with Gasteiger partial charge in [-0.3, -0.25) is 14.9 Å². The van der Waals surface area contributed by atoms with E-state index in [9.17, 15) is 14.9 Å². The Bertz CT molecular complexity index is 530. The highest BCUT2D eigenvalue weighted by Crippen LogP contribution is 2.18. The molecule has 1 saturated carbocycles. The molecule has 1 aromatic carbocycles. The molecule has 20 heavy (non-hydrogen) atoms. The first-order chi connectivity index (χ1) is 9.68. The van der Waals surface area contributed by atoms with Crippen LogP contribution in [0.5, 0.6) is 0 Å². The Morgan fingerprint density at radius 2 is 1.80 bits per heavy atom. The van der Waals surface area contributed by atoms with Crippen molar-refractivity contribution in [1.82, 2.24) is 5.43 Å². The molecule has 1 fully saturated rings. The van der Waals surface area contributed by atoms with Gasteiger partial charge in [-0.2, -0.15) is 5.10 Å². The summed E-state index contributed by atoms with van der Waals surface area (Å²) >= 11 is 0. The maximum Gasteiger partial charge on any atom is 0.282 e. The first-order valence-corrected chi connectivity index (χ1v) is 6.77. The zero-order valence-electron chi connectivity index (χ0n) is 11.2. The quantitative estimate of drug-likeness (QED) is 0.522. The first kappa shape index (κ1) is 14.2. The lowest BCUT2D eigenvalue weighted by atomic mass is 10.1. The van der Waals surface area contributed by atoms with Gasteiger partial charge < -0.3 is 0 Å². The molecule has 0 bridgehead atoms. The summed E-state index contributed by atoms with van der Waals surface area (Å²) in [6.45, 7) is 0. The summed E-state index contributed by atoms with van der Waals surface area (Å²) < 4.78 is 0. The number of para-hydroxylation sites is 1. The topological polar surface area (TPSA) is 84.6 Å². The lowest BCUT2D eigenvalue weighted by molar-refractivity contribution is -0.385. The summed E-state index contributed by atoms with van der Waals surface area (Å²) in [6.07, 6.45) is 6.32. The Morgan fingerprint density at radius 3 is 2.45 bits per heavy atom. The van der Waals surface area contributed by atoms with Gasteiger partial charge in [0.1, 0.15) is 5.56 Å². The maximum atomic E-state index is 12.0. The van der Waals surface area contributed by atoms with E-state index in [-0.39, 0.29) is 11.3 Å². The van der Waals surface area contributed by atoms with Gasteiger partial charge in [-0.1, -0.05) is 25.0 Å². The Morgan fingerprint density at radius 1 is 1.15 bits per heavy atom. The van der Waals surface area contributed by atoms with Crippen LogP contribution in [0, 0.1) is 10.1 Å². The van der Waals surface area contributed by atoms with Crippen molar-refractivity contribution in [1.29, 1.82) is 0 Å². The fourth-order valence-corrected chi connectivity index (χ4v) is 2.26. The number of hydrogen-bond acceptors (Lipinski definition) is 4. The van der Waals surface area contributed by atoms with E-state index >= 15 is 0 Å². The number of nitrogens with zero attached hydrogens (tertiary/aromatic N) is 2. The van der Waals surface area contributed by atoms with Crippen LogP contribution in [0.1, 0.15) is 48.9 Å². The predicted octanol–water partition coefficient (Wildman–Crippen LogP) is 3.03. The highest BCUT2D eigenvalue weighted by Gasteiger charge is 2.18. The number of benzene rings is 1. The van der Waals surface area contributed by atoms with Crippen molar-refractivity contribution in [3.05, 3.63) is 39.9 Å². The smallest absolute Gasteiger partial charge is 0.267 e. The summed E-state index contributed by atoms with van der Waals surface area (Å²) in [7, 11) is 0. The zero-order valence-corrected chi connectivity index (χ0v) is 11.2.